The minimum atomic E-state index is -0.512. The molecule has 4 rings (SSSR count). The largest absolute Gasteiger partial charge is 0.494 e. The van der Waals surface area contributed by atoms with E-state index in [4.69, 9.17) is 20.6 Å². The maximum absolute atomic E-state index is 15.9. The Labute approximate surface area is 209 Å². The summed E-state index contributed by atoms with van der Waals surface area (Å²) >= 11 is 0. The molecule has 0 amide bonds. The van der Waals surface area contributed by atoms with E-state index in [1.165, 1.54) is 0 Å². The van der Waals surface area contributed by atoms with Crippen molar-refractivity contribution in [1.82, 2.24) is 15.0 Å². The van der Waals surface area contributed by atoms with Gasteiger partial charge in [-0.05, 0) is 57.2 Å². The quantitative estimate of drug-likeness (QED) is 0.203. The summed E-state index contributed by atoms with van der Waals surface area (Å²) in [6.45, 7) is 6.20. The van der Waals surface area contributed by atoms with Crippen LogP contribution in [-0.2, 0) is 6.54 Å². The highest BCUT2D eigenvalue weighted by Crippen LogP contribution is 2.38. The minimum Gasteiger partial charge on any atom is -0.494 e. The van der Waals surface area contributed by atoms with E-state index in [0.717, 1.165) is 11.3 Å². The van der Waals surface area contributed by atoms with Gasteiger partial charge in [-0.25, -0.2) is 9.37 Å². The van der Waals surface area contributed by atoms with Crippen LogP contribution in [0.4, 0.5) is 15.8 Å². The Morgan fingerprint density at radius 2 is 1.94 bits per heavy atom. The number of aromatic amines is 1. The molecule has 0 bridgehead atoms. The number of benzene rings is 2. The van der Waals surface area contributed by atoms with Crippen molar-refractivity contribution >= 4 is 17.2 Å². The van der Waals surface area contributed by atoms with Gasteiger partial charge in [-0.3, -0.25) is 10.4 Å². The van der Waals surface area contributed by atoms with Crippen molar-refractivity contribution < 1.29 is 13.9 Å². The number of hydrogen-bond acceptors (Lipinski definition) is 6. The van der Waals surface area contributed by atoms with Crippen LogP contribution >= 0.6 is 0 Å². The molecule has 0 aliphatic heterocycles. The van der Waals surface area contributed by atoms with E-state index in [1.54, 1.807) is 59.9 Å². The lowest BCUT2D eigenvalue weighted by Crippen LogP contribution is -2.20. The van der Waals surface area contributed by atoms with Crippen molar-refractivity contribution in [2.75, 3.05) is 11.5 Å². The Morgan fingerprint density at radius 3 is 2.58 bits per heavy atom. The molecule has 2 heterocycles. The van der Waals surface area contributed by atoms with Crippen LogP contribution in [0.25, 0.3) is 11.3 Å². The summed E-state index contributed by atoms with van der Waals surface area (Å²) in [5.74, 6) is 0.661. The van der Waals surface area contributed by atoms with Crippen LogP contribution in [0.3, 0.4) is 0 Å². The molecule has 0 saturated heterocycles. The molecular formula is C27H29FN6O2. The third-order valence-electron chi connectivity index (χ3n) is 5.36. The normalized spacial score (nSPS) is 10.9. The lowest BCUT2D eigenvalue weighted by Gasteiger charge is -2.26. The first-order chi connectivity index (χ1) is 17.4. The van der Waals surface area contributed by atoms with E-state index >= 15 is 4.39 Å². The van der Waals surface area contributed by atoms with Crippen molar-refractivity contribution in [3.8, 4) is 22.8 Å². The zero-order valence-electron chi connectivity index (χ0n) is 20.5. The fourth-order valence-corrected chi connectivity index (χ4v) is 3.74. The number of nitrogens with two attached hydrogens (primary N) is 1. The van der Waals surface area contributed by atoms with Crippen LogP contribution in [0.15, 0.2) is 67.1 Å². The van der Waals surface area contributed by atoms with Gasteiger partial charge in [0.25, 0.3) is 0 Å². The van der Waals surface area contributed by atoms with Crippen LogP contribution in [-0.4, -0.2) is 33.5 Å². The number of rotatable bonds is 10. The lowest BCUT2D eigenvalue weighted by atomic mass is 10.1. The summed E-state index contributed by atoms with van der Waals surface area (Å²) in [7, 11) is 0. The Hall–Kier alpha value is -4.40. The molecule has 0 unspecified atom stereocenters. The second kappa shape index (κ2) is 10.9. The molecule has 9 heteroatoms. The van der Waals surface area contributed by atoms with E-state index in [9.17, 15) is 0 Å². The van der Waals surface area contributed by atoms with Crippen LogP contribution < -0.4 is 20.1 Å². The Bertz CT molecular complexity index is 1320. The zero-order valence-corrected chi connectivity index (χ0v) is 20.5. The van der Waals surface area contributed by atoms with Crippen molar-refractivity contribution in [2.24, 2.45) is 5.73 Å². The second-order valence-corrected chi connectivity index (χ2v) is 8.39. The first-order valence-electron chi connectivity index (χ1n) is 11.6. The number of anilines is 2. The number of imidazole rings is 1. The monoisotopic (exact) mass is 488 g/mol. The fourth-order valence-electron chi connectivity index (χ4n) is 3.74. The van der Waals surface area contributed by atoms with E-state index in [0.29, 0.717) is 29.4 Å². The first-order valence-corrected chi connectivity index (χ1v) is 11.6. The highest BCUT2D eigenvalue weighted by Gasteiger charge is 2.22. The molecule has 0 aliphatic rings. The van der Waals surface area contributed by atoms with Crippen molar-refractivity contribution in [3.63, 3.8) is 0 Å². The predicted molar refractivity (Wildman–Crippen MR) is 138 cm³/mol. The molecule has 0 atom stereocenters. The SMILES string of the molecule is CCOc1cc(OC(C)C)c(F)c(N(Cc2ncc(-c3cccnc3)[nH]2)c2ccc(C(=N)N)cc2)c1. The molecule has 2 aromatic carbocycles. The number of nitrogens with zero attached hydrogens (tertiary/aromatic N) is 3. The van der Waals surface area contributed by atoms with Crippen LogP contribution in [0.2, 0.25) is 0 Å². The van der Waals surface area contributed by atoms with Gasteiger partial charge < -0.3 is 25.1 Å². The number of nitrogen functional groups attached to an aromatic ring is 1. The Kier molecular flexibility index (Phi) is 7.48. The molecule has 186 valence electrons. The number of halogens is 1. The Morgan fingerprint density at radius 1 is 1.17 bits per heavy atom. The zero-order chi connectivity index (χ0) is 25.7. The molecule has 0 spiro atoms. The third-order valence-corrected chi connectivity index (χ3v) is 5.36. The van der Waals surface area contributed by atoms with Gasteiger partial charge in [0.1, 0.15) is 17.4 Å². The highest BCUT2D eigenvalue weighted by molar-refractivity contribution is 5.95. The topological polar surface area (TPSA) is 113 Å². The van der Waals surface area contributed by atoms with Gasteiger partial charge in [-0.2, -0.15) is 0 Å². The summed E-state index contributed by atoms with van der Waals surface area (Å²) in [6, 6.07) is 14.0. The van der Waals surface area contributed by atoms with E-state index in [-0.39, 0.29) is 29.9 Å². The first kappa shape index (κ1) is 24.7. The van der Waals surface area contributed by atoms with Crippen molar-refractivity contribution in [3.05, 3.63) is 84.3 Å². The number of pyridine rings is 1. The summed E-state index contributed by atoms with van der Waals surface area (Å²) in [6.07, 6.45) is 4.96. The van der Waals surface area contributed by atoms with Gasteiger partial charge in [-0.15, -0.1) is 0 Å². The number of amidine groups is 1. The number of ether oxygens (including phenoxy) is 2. The van der Waals surface area contributed by atoms with E-state index < -0.39 is 5.82 Å². The standard InChI is InChI=1S/C27H29FN6O2/c1-4-35-21-12-23(26(28)24(13-21)36-17(2)3)34(20-9-7-18(8-10-20)27(29)30)16-25-32-15-22(33-25)19-6-5-11-31-14-19/h5-15,17H,4,16H2,1-3H3,(H3,29,30)(H,32,33). The highest BCUT2D eigenvalue weighted by atomic mass is 19.1. The Balaban J connectivity index is 1.79. The number of aromatic nitrogens is 3. The fraction of sp³-hybridized carbons (Fsp3) is 0.222. The average molecular weight is 489 g/mol. The summed E-state index contributed by atoms with van der Waals surface area (Å²) < 4.78 is 27.3. The number of H-pyrrole nitrogens is 1. The number of nitrogens with one attached hydrogen (secondary N) is 2. The van der Waals surface area contributed by atoms with Crippen molar-refractivity contribution in [2.45, 2.75) is 33.4 Å². The van der Waals surface area contributed by atoms with Crippen LogP contribution in [0.5, 0.6) is 11.5 Å². The van der Waals surface area contributed by atoms with Gasteiger partial charge in [0.05, 0.1) is 36.8 Å². The lowest BCUT2D eigenvalue weighted by molar-refractivity contribution is 0.229. The summed E-state index contributed by atoms with van der Waals surface area (Å²) in [5, 5.41) is 7.69. The molecule has 0 saturated carbocycles. The molecule has 36 heavy (non-hydrogen) atoms. The van der Waals surface area contributed by atoms with Gasteiger partial charge >= 0.3 is 0 Å². The van der Waals surface area contributed by atoms with Crippen molar-refractivity contribution in [1.29, 1.82) is 5.41 Å². The van der Waals surface area contributed by atoms with Gasteiger partial charge in [0.15, 0.2) is 11.6 Å². The minimum absolute atomic E-state index is 0.0441. The molecular weight excluding hydrogens is 459 g/mol. The average Bonchev–Trinajstić information content (AvgIpc) is 3.34. The molecule has 0 aliphatic carbocycles. The molecule has 0 radical (unpaired) electrons. The smallest absolute Gasteiger partial charge is 0.188 e. The van der Waals surface area contributed by atoms with E-state index in [1.807, 2.05) is 32.9 Å². The second-order valence-electron chi connectivity index (χ2n) is 8.39. The van der Waals surface area contributed by atoms with Crippen LogP contribution in [0, 0.1) is 11.2 Å². The molecule has 4 N–H and O–H groups in total. The van der Waals surface area contributed by atoms with E-state index in [2.05, 4.69) is 15.0 Å². The van der Waals surface area contributed by atoms with Crippen LogP contribution in [0.1, 0.15) is 32.2 Å². The summed E-state index contributed by atoms with van der Waals surface area (Å²) in [5.41, 5.74) is 8.85. The summed E-state index contributed by atoms with van der Waals surface area (Å²) in [4.78, 5) is 13.8. The van der Waals surface area contributed by atoms with Gasteiger partial charge in [0, 0.05) is 41.3 Å². The number of hydrogen-bond donors (Lipinski definition) is 3. The maximum Gasteiger partial charge on any atom is 0.188 e. The maximum atomic E-state index is 15.9. The van der Waals surface area contributed by atoms with Gasteiger partial charge in [-0.1, -0.05) is 0 Å². The molecule has 8 nitrogen and oxygen atoms in total. The van der Waals surface area contributed by atoms with Gasteiger partial charge in [0.2, 0.25) is 0 Å². The predicted octanol–water partition coefficient (Wildman–Crippen LogP) is 5.42. The molecule has 0 fully saturated rings. The third kappa shape index (κ3) is 5.63. The molecule has 4 aromatic rings. The molecule has 2 aromatic heterocycles.